The minimum Gasteiger partial charge on any atom is -0.319 e. The van der Waals surface area contributed by atoms with Gasteiger partial charge in [0.25, 0.3) is 0 Å². The van der Waals surface area contributed by atoms with E-state index in [-0.39, 0.29) is 6.04 Å². The van der Waals surface area contributed by atoms with Crippen LogP contribution in [0.4, 0.5) is 28.7 Å². The van der Waals surface area contributed by atoms with Crippen molar-refractivity contribution in [3.05, 3.63) is 222 Å². The van der Waals surface area contributed by atoms with E-state index in [4.69, 9.17) is 9.97 Å². The lowest BCUT2D eigenvalue weighted by molar-refractivity contribution is 0.825. The van der Waals surface area contributed by atoms with E-state index in [0.29, 0.717) is 0 Å². The Balaban J connectivity index is 1.20. The first-order valence-corrected chi connectivity index (χ1v) is 21.4. The number of pyridine rings is 2. The fourth-order valence-electron chi connectivity index (χ4n) is 9.25. The number of aromatic nitrogens is 2. The Morgan fingerprint density at radius 3 is 1.61 bits per heavy atom. The fourth-order valence-corrected chi connectivity index (χ4v) is 9.25. The van der Waals surface area contributed by atoms with Crippen LogP contribution < -0.4 is 20.2 Å². The van der Waals surface area contributed by atoms with Crippen molar-refractivity contribution in [1.82, 2.24) is 9.97 Å². The van der Waals surface area contributed by atoms with Gasteiger partial charge < -0.3 is 4.90 Å². The van der Waals surface area contributed by atoms with Crippen LogP contribution in [0.25, 0.3) is 66.7 Å². The van der Waals surface area contributed by atoms with Crippen LogP contribution in [0, 0.1) is 13.8 Å². The first-order valence-electron chi connectivity index (χ1n) is 21.4. The number of nitrogens with zero attached hydrogens (tertiary/aromatic N) is 4. The molecule has 4 nitrogen and oxygen atoms in total. The largest absolute Gasteiger partial charge is 0.319 e. The molecule has 296 valence electrons. The van der Waals surface area contributed by atoms with E-state index in [0.717, 1.165) is 78.9 Å². The van der Waals surface area contributed by atoms with E-state index in [1.165, 1.54) is 32.3 Å². The van der Waals surface area contributed by atoms with Gasteiger partial charge in [0.2, 0.25) is 0 Å². The van der Waals surface area contributed by atoms with Crippen LogP contribution in [0.2, 0.25) is 0 Å². The molecule has 11 rings (SSSR count). The topological polar surface area (TPSA) is 32.3 Å². The van der Waals surface area contributed by atoms with Gasteiger partial charge in [-0.2, -0.15) is 0 Å². The van der Waals surface area contributed by atoms with Crippen LogP contribution >= 0.6 is 0 Å². The first kappa shape index (κ1) is 37.2. The molecule has 0 bridgehead atoms. The maximum Gasteiger partial charge on any atom is 0.138 e. The third-order valence-corrected chi connectivity index (χ3v) is 12.3. The molecule has 1 unspecified atom stereocenters. The average molecular weight is 797 g/mol. The lowest BCUT2D eigenvalue weighted by atomic mass is 9.87. The summed E-state index contributed by atoms with van der Waals surface area (Å²) in [6.07, 6.45) is 9.84. The number of hydrogen-bond acceptors (Lipinski definition) is 4. The van der Waals surface area contributed by atoms with E-state index in [1.54, 1.807) is 0 Å². The minimum atomic E-state index is 0.0698. The van der Waals surface area contributed by atoms with Crippen LogP contribution in [0.1, 0.15) is 17.5 Å². The Labute approximate surface area is 362 Å². The molecule has 1 aliphatic rings. The van der Waals surface area contributed by atoms with Crippen molar-refractivity contribution in [2.45, 2.75) is 26.3 Å². The van der Waals surface area contributed by atoms with Gasteiger partial charge in [-0.15, -0.1) is 0 Å². The third kappa shape index (κ3) is 6.76. The zero-order valence-corrected chi connectivity index (χ0v) is 34.8. The predicted octanol–water partition coefficient (Wildman–Crippen LogP) is 13.5. The molecular formula is C58H44N4. The van der Waals surface area contributed by atoms with Crippen molar-refractivity contribution in [3.63, 3.8) is 0 Å². The zero-order chi connectivity index (χ0) is 41.6. The van der Waals surface area contributed by atoms with E-state index in [1.807, 2.05) is 0 Å². The molecule has 0 N–H and O–H groups in total. The van der Waals surface area contributed by atoms with Gasteiger partial charge >= 0.3 is 0 Å². The summed E-state index contributed by atoms with van der Waals surface area (Å²) in [5, 5.41) is 9.32. The van der Waals surface area contributed by atoms with Crippen LogP contribution in [0.5, 0.6) is 0 Å². The van der Waals surface area contributed by atoms with Crippen LogP contribution in [0.15, 0.2) is 200 Å². The monoisotopic (exact) mass is 796 g/mol. The van der Waals surface area contributed by atoms with Gasteiger partial charge in [0.05, 0.1) is 6.04 Å². The van der Waals surface area contributed by atoms with Crippen molar-refractivity contribution in [2.24, 2.45) is 0 Å². The summed E-state index contributed by atoms with van der Waals surface area (Å²) in [6, 6.07) is 67.6. The number of hydrogen-bond donors (Lipinski definition) is 0. The summed E-state index contributed by atoms with van der Waals surface area (Å²) >= 11 is 0. The maximum absolute atomic E-state index is 5.42. The van der Waals surface area contributed by atoms with Gasteiger partial charge in [0, 0.05) is 40.2 Å². The molecule has 1 aliphatic carbocycles. The number of fused-ring (bicyclic) bond motifs is 4. The Kier molecular flexibility index (Phi) is 9.39. The van der Waals surface area contributed by atoms with Gasteiger partial charge in [-0.1, -0.05) is 163 Å². The number of aryl methyl sites for hydroxylation is 2. The van der Waals surface area contributed by atoms with Gasteiger partial charge in [0.15, 0.2) is 0 Å². The molecule has 1 atom stereocenters. The summed E-state index contributed by atoms with van der Waals surface area (Å²) in [7, 11) is 0. The highest BCUT2D eigenvalue weighted by Crippen LogP contribution is 2.47. The molecule has 10 aromatic rings. The summed E-state index contributed by atoms with van der Waals surface area (Å²) < 4.78 is 0. The quantitative estimate of drug-likeness (QED) is 0.143. The molecule has 0 saturated carbocycles. The second kappa shape index (κ2) is 15.7. The zero-order valence-electron chi connectivity index (χ0n) is 34.8. The van der Waals surface area contributed by atoms with Crippen LogP contribution in [-0.4, -0.2) is 16.0 Å². The van der Waals surface area contributed by atoms with E-state index in [9.17, 15) is 0 Å². The fraction of sp³-hybridized carbons (Fsp3) is 0.0690. The highest BCUT2D eigenvalue weighted by molar-refractivity contribution is 6.22. The molecule has 2 heterocycles. The molecule has 0 radical (unpaired) electrons. The first-order chi connectivity index (χ1) is 30.6. The Hall–Kier alpha value is -7.82. The maximum atomic E-state index is 5.42. The van der Waals surface area contributed by atoms with Gasteiger partial charge in [-0.3, -0.25) is 4.90 Å². The summed E-state index contributed by atoms with van der Waals surface area (Å²) in [6.45, 7) is 4.29. The summed E-state index contributed by atoms with van der Waals surface area (Å²) in [4.78, 5) is 15.5. The Morgan fingerprint density at radius 1 is 0.435 bits per heavy atom. The van der Waals surface area contributed by atoms with Gasteiger partial charge in [0.1, 0.15) is 11.6 Å². The molecule has 0 spiro atoms. The highest BCUT2D eigenvalue weighted by Gasteiger charge is 2.25. The Bertz CT molecular complexity index is 3400. The molecule has 0 saturated heterocycles. The van der Waals surface area contributed by atoms with E-state index >= 15 is 0 Å². The molecular weight excluding hydrogens is 753 g/mol. The molecule has 8 aromatic carbocycles. The SMILES string of the molecule is Cc1ccc(-c2c3cnc(N(c4ccccc4)C4C=c5ccccc5=CC4)cc3c(-c3ccc(C)cc3)c3cnc(N(c4ccccc4)c4ccc5ccccc5c4)cc23)cc1. The molecule has 4 heteroatoms. The highest BCUT2D eigenvalue weighted by atomic mass is 15.2. The lowest BCUT2D eigenvalue weighted by Crippen LogP contribution is -2.38. The third-order valence-electron chi connectivity index (χ3n) is 12.3. The van der Waals surface area contributed by atoms with Crippen molar-refractivity contribution in [3.8, 4) is 22.3 Å². The molecule has 0 fully saturated rings. The predicted molar refractivity (Wildman–Crippen MR) is 261 cm³/mol. The van der Waals surface area contributed by atoms with Crippen LogP contribution in [0.3, 0.4) is 0 Å². The molecule has 2 aromatic heterocycles. The normalized spacial score (nSPS) is 13.4. The van der Waals surface area contributed by atoms with Crippen molar-refractivity contribution in [1.29, 1.82) is 0 Å². The molecule has 0 aliphatic heterocycles. The second-order valence-electron chi connectivity index (χ2n) is 16.4. The summed E-state index contributed by atoms with van der Waals surface area (Å²) in [5.41, 5.74) is 10.2. The van der Waals surface area contributed by atoms with Crippen molar-refractivity contribution < 1.29 is 0 Å². The summed E-state index contributed by atoms with van der Waals surface area (Å²) in [5.74, 6) is 1.74. The molecule has 62 heavy (non-hydrogen) atoms. The van der Waals surface area contributed by atoms with Crippen LogP contribution in [-0.2, 0) is 0 Å². The number of benzene rings is 8. The molecule has 0 amide bonds. The van der Waals surface area contributed by atoms with E-state index in [2.05, 4.69) is 236 Å². The minimum absolute atomic E-state index is 0.0698. The number of rotatable bonds is 8. The smallest absolute Gasteiger partial charge is 0.138 e. The van der Waals surface area contributed by atoms with Crippen molar-refractivity contribution in [2.75, 3.05) is 9.80 Å². The standard InChI is InChI=1S/C58H44N4/c1-39-21-25-43(26-22-39)57-51-35-55(61(47-17-5-3-6-18-47)49-31-29-41-13-9-11-15-45(41)33-49)60-38-54(51)58(44-27-23-40(2)24-28-44)52-36-56(59-37-53(52)57)62(48-19-7-4-8-20-48)50-32-30-42-14-10-12-16-46(42)34-50/h3-31,33-38,50H,32H2,1-2H3. The second-order valence-corrected chi connectivity index (χ2v) is 16.4. The van der Waals surface area contributed by atoms with Gasteiger partial charge in [-0.05, 0) is 123 Å². The Morgan fingerprint density at radius 2 is 0.968 bits per heavy atom. The van der Waals surface area contributed by atoms with Gasteiger partial charge in [-0.25, -0.2) is 9.97 Å². The number of para-hydroxylation sites is 2. The van der Waals surface area contributed by atoms with Crippen molar-refractivity contribution >= 4 is 73.2 Å². The average Bonchev–Trinajstić information content (AvgIpc) is 3.32. The lowest BCUT2D eigenvalue weighted by Gasteiger charge is -2.32. The van der Waals surface area contributed by atoms with E-state index < -0.39 is 0 Å². The number of anilines is 5.